The number of carboxylic acid groups (broad SMARTS) is 1. The fourth-order valence-electron chi connectivity index (χ4n) is 8.00. The van der Waals surface area contributed by atoms with Gasteiger partial charge in [-0.15, -0.1) is 11.3 Å². The number of Topliss-reactive ketones (excluding diaryl/α,β-unsaturated/α-hetero) is 2. The van der Waals surface area contributed by atoms with Crippen molar-refractivity contribution >= 4 is 46.6 Å². The number of phenolic OH excluding ortho intramolecular Hbond substituents is 1. The molecule has 0 radical (unpaired) electrons. The van der Waals surface area contributed by atoms with Gasteiger partial charge in [-0.25, -0.2) is 4.79 Å². The van der Waals surface area contributed by atoms with E-state index < -0.39 is 59.4 Å². The summed E-state index contributed by atoms with van der Waals surface area (Å²) in [6, 6.07) is 39.1. The third-order valence-electron chi connectivity index (χ3n) is 11.6. The van der Waals surface area contributed by atoms with Crippen LogP contribution in [0.2, 0.25) is 0 Å². The number of aromatic hydroxyl groups is 1. The zero-order valence-corrected chi connectivity index (χ0v) is 37.0. The number of fused-ring (bicyclic) bond motifs is 16. The topological polar surface area (TPSA) is 188 Å². The highest BCUT2D eigenvalue weighted by Crippen LogP contribution is 2.24. The molecule has 13 heteroatoms. The van der Waals surface area contributed by atoms with Crippen molar-refractivity contribution in [3.05, 3.63) is 178 Å². The van der Waals surface area contributed by atoms with Gasteiger partial charge in [0.2, 0.25) is 17.7 Å². The number of carbonyl (C=O) groups is 6. The first-order valence-electron chi connectivity index (χ1n) is 21.8. The molecule has 0 spiro atoms. The van der Waals surface area contributed by atoms with E-state index in [-0.39, 0.29) is 63.1 Å². The van der Waals surface area contributed by atoms with Crippen LogP contribution in [0.4, 0.5) is 0 Å². The van der Waals surface area contributed by atoms with Gasteiger partial charge < -0.3 is 30.9 Å². The molecular formula is C53H51N3O9S. The first kappa shape index (κ1) is 46.6. The minimum Gasteiger partial charge on any atom is -0.508 e. The number of amides is 3. The molecule has 2 aliphatic rings. The summed E-state index contributed by atoms with van der Waals surface area (Å²) in [4.78, 5) is 84.9. The van der Waals surface area contributed by atoms with E-state index in [0.717, 1.165) is 21.6 Å². The molecule has 0 fully saturated rings. The van der Waals surface area contributed by atoms with Crippen LogP contribution in [-0.2, 0) is 60.9 Å². The zero-order valence-electron chi connectivity index (χ0n) is 36.1. The maximum absolute atomic E-state index is 14.7. The number of hydrogen-bond acceptors (Lipinski definition) is 9. The summed E-state index contributed by atoms with van der Waals surface area (Å²) < 4.78 is 5.86. The third-order valence-corrected chi connectivity index (χ3v) is 12.5. The zero-order chi connectivity index (χ0) is 46.4. The van der Waals surface area contributed by atoms with Crippen molar-refractivity contribution in [1.82, 2.24) is 16.0 Å². The third kappa shape index (κ3) is 13.3. The Morgan fingerprint density at radius 1 is 0.652 bits per heavy atom. The molecule has 5 N–H and O–H groups in total. The summed E-state index contributed by atoms with van der Waals surface area (Å²) in [7, 11) is 0. The normalized spacial score (nSPS) is 19.0. The molecule has 5 aromatic carbocycles. The quantitative estimate of drug-likeness (QED) is 0.0889. The van der Waals surface area contributed by atoms with Gasteiger partial charge >= 0.3 is 5.97 Å². The average molecular weight is 906 g/mol. The van der Waals surface area contributed by atoms with Gasteiger partial charge in [0.1, 0.15) is 30.2 Å². The Morgan fingerprint density at radius 2 is 1.27 bits per heavy atom. The van der Waals surface area contributed by atoms with Crippen molar-refractivity contribution in [3.8, 4) is 22.6 Å². The fourth-order valence-corrected chi connectivity index (χ4v) is 8.79. The minimum atomic E-state index is -1.30. The van der Waals surface area contributed by atoms with E-state index in [1.165, 1.54) is 23.5 Å². The Kier molecular flexibility index (Phi) is 15.9. The van der Waals surface area contributed by atoms with Crippen molar-refractivity contribution < 1.29 is 43.7 Å². The first-order valence-corrected chi connectivity index (χ1v) is 22.7. The first-order chi connectivity index (χ1) is 31.9. The lowest BCUT2D eigenvalue weighted by Crippen LogP contribution is -2.54. The number of ketones is 2. The monoisotopic (exact) mass is 905 g/mol. The van der Waals surface area contributed by atoms with Crippen LogP contribution in [0.25, 0.3) is 11.1 Å². The summed E-state index contributed by atoms with van der Waals surface area (Å²) >= 11 is 1.45. The predicted octanol–water partition coefficient (Wildman–Crippen LogP) is 6.72. The van der Waals surface area contributed by atoms with Crippen LogP contribution in [0.15, 0.2) is 151 Å². The van der Waals surface area contributed by atoms with Crippen molar-refractivity contribution in [2.75, 3.05) is 6.61 Å². The molecule has 0 aliphatic carbocycles. The Labute approximate surface area is 387 Å². The van der Waals surface area contributed by atoms with Crippen LogP contribution in [0.3, 0.4) is 0 Å². The van der Waals surface area contributed by atoms with E-state index in [4.69, 9.17) is 4.74 Å². The smallest absolute Gasteiger partial charge is 0.326 e. The summed E-state index contributed by atoms with van der Waals surface area (Å²) in [6.45, 7) is -0.318. The number of aliphatic carboxylic acids is 1. The lowest BCUT2D eigenvalue weighted by atomic mass is 9.89. The summed E-state index contributed by atoms with van der Waals surface area (Å²) in [5.41, 5.74) is 4.60. The number of thiophene rings is 1. The molecule has 6 aromatic rings. The predicted molar refractivity (Wildman–Crippen MR) is 251 cm³/mol. The van der Waals surface area contributed by atoms with E-state index in [0.29, 0.717) is 22.4 Å². The summed E-state index contributed by atoms with van der Waals surface area (Å²) in [5, 5.41) is 30.6. The Bertz CT molecular complexity index is 2590. The van der Waals surface area contributed by atoms with Crippen molar-refractivity contribution in [3.63, 3.8) is 0 Å². The Hall–Kier alpha value is -7.38. The van der Waals surface area contributed by atoms with Gasteiger partial charge in [0.15, 0.2) is 11.6 Å². The molecule has 0 saturated carbocycles. The van der Waals surface area contributed by atoms with Crippen LogP contribution in [0.5, 0.6) is 11.5 Å². The molecule has 8 rings (SSSR count). The molecule has 2 aliphatic heterocycles. The number of hydrogen-bond donors (Lipinski definition) is 5. The molecule has 5 atom stereocenters. The largest absolute Gasteiger partial charge is 0.508 e. The van der Waals surface area contributed by atoms with E-state index in [1.54, 1.807) is 66.7 Å². The molecule has 3 heterocycles. The lowest BCUT2D eigenvalue weighted by molar-refractivity contribution is -0.142. The number of nitrogens with one attached hydrogen (secondary N) is 3. The lowest BCUT2D eigenvalue weighted by Gasteiger charge is -2.26. The molecule has 1 aromatic heterocycles. The second kappa shape index (κ2) is 22.5. The Balaban J connectivity index is 1.23. The van der Waals surface area contributed by atoms with Gasteiger partial charge in [-0.05, 0) is 88.4 Å². The maximum atomic E-state index is 14.7. The molecule has 12 nitrogen and oxygen atoms in total. The molecule has 66 heavy (non-hydrogen) atoms. The molecule has 2 bridgehead atoms. The SMILES string of the molecule is O=C1COc2ccc(cc2)C[C@@H](C(=O)N[C@H](Cc2ccccc2)C(=O)O)CC(=O)[C@H](Cc2ccc(O)cc2)NC(=O)[C@@H](Cc2ccc(-c3ccccc3)cc2)NC(=O)[C@H](Cc2cccs2)C1. The van der Waals surface area contributed by atoms with E-state index in [9.17, 15) is 39.0 Å². The highest BCUT2D eigenvalue weighted by molar-refractivity contribution is 7.09. The average Bonchev–Trinajstić information content (AvgIpc) is 3.84. The molecule has 3 amide bonds. The second-order valence-electron chi connectivity index (χ2n) is 16.6. The molecule has 0 saturated heterocycles. The van der Waals surface area contributed by atoms with Crippen molar-refractivity contribution in [2.45, 2.75) is 63.1 Å². The number of benzene rings is 5. The maximum Gasteiger partial charge on any atom is 0.326 e. The van der Waals surface area contributed by atoms with Crippen molar-refractivity contribution in [2.24, 2.45) is 11.8 Å². The van der Waals surface area contributed by atoms with E-state index in [2.05, 4.69) is 16.0 Å². The molecular weight excluding hydrogens is 855 g/mol. The van der Waals surface area contributed by atoms with Gasteiger partial charge in [0, 0.05) is 42.4 Å². The van der Waals surface area contributed by atoms with Gasteiger partial charge in [-0.2, -0.15) is 0 Å². The minimum absolute atomic E-state index is 0.00269. The standard InChI is InChI=1S/C53H51N3O9S/c57-42-21-15-37(16-22-42)27-46-49(59)32-40(50(60)56-48(53(63)64)29-34-8-3-1-4-9-34)26-35-17-23-44(24-18-35)65-33-43(58)30-41(31-45-12-7-25-66-45)51(61)55-47(52(62)54-46)28-36-13-19-39(20-14-36)38-10-5-2-6-11-38/h1-25,40-41,46-48,57H,26-33H2,(H,54,62)(H,55,61)(H,56,60)(H,63,64)/t40-,41+,46+,47-,48-/m1/s1. The summed E-state index contributed by atoms with van der Waals surface area (Å²) in [6.07, 6.45) is -0.281. The molecule has 338 valence electrons. The Morgan fingerprint density at radius 3 is 1.92 bits per heavy atom. The van der Waals surface area contributed by atoms with Gasteiger partial charge in [0.05, 0.1) is 6.04 Å². The highest BCUT2D eigenvalue weighted by atomic mass is 32.1. The number of phenols is 1. The van der Waals surface area contributed by atoms with Crippen LogP contribution < -0.4 is 20.7 Å². The number of rotatable bonds is 12. The van der Waals surface area contributed by atoms with Gasteiger partial charge in [0.25, 0.3) is 0 Å². The highest BCUT2D eigenvalue weighted by Gasteiger charge is 2.34. The van der Waals surface area contributed by atoms with Gasteiger partial charge in [-0.1, -0.05) is 115 Å². The summed E-state index contributed by atoms with van der Waals surface area (Å²) in [5.74, 6) is -5.51. The van der Waals surface area contributed by atoms with Crippen LogP contribution in [-0.4, -0.2) is 70.2 Å². The number of carboxylic acids is 1. The van der Waals surface area contributed by atoms with Crippen molar-refractivity contribution in [1.29, 1.82) is 0 Å². The van der Waals surface area contributed by atoms with Crippen LogP contribution in [0.1, 0.15) is 40.0 Å². The number of ether oxygens (including phenoxy) is 1. The van der Waals surface area contributed by atoms with Crippen LogP contribution >= 0.6 is 11.3 Å². The second-order valence-corrected chi connectivity index (χ2v) is 17.6. The van der Waals surface area contributed by atoms with E-state index >= 15 is 0 Å². The van der Waals surface area contributed by atoms with E-state index in [1.807, 2.05) is 72.1 Å². The van der Waals surface area contributed by atoms with Crippen LogP contribution in [0, 0.1) is 11.8 Å². The molecule has 0 unspecified atom stereocenters. The fraction of sp³-hybridized carbons (Fsp3) is 0.245. The number of carbonyl (C=O) groups excluding carboxylic acids is 5. The van der Waals surface area contributed by atoms with Gasteiger partial charge in [-0.3, -0.25) is 24.0 Å².